The Hall–Kier alpha value is -3.58. The van der Waals surface area contributed by atoms with Crippen molar-refractivity contribution in [1.29, 1.82) is 0 Å². The van der Waals surface area contributed by atoms with Gasteiger partial charge in [0.05, 0.1) is 25.9 Å². The van der Waals surface area contributed by atoms with Gasteiger partial charge >= 0.3 is 11.9 Å². The molecule has 0 saturated carbocycles. The Kier molecular flexibility index (Phi) is 8.03. The molecule has 0 radical (unpaired) electrons. The number of hydrogen-bond acceptors (Lipinski definition) is 7. The largest absolute Gasteiger partial charge is 0.497 e. The zero-order valence-electron chi connectivity index (χ0n) is 21.3. The molecule has 1 aliphatic carbocycles. The monoisotopic (exact) mass is 523 g/mol. The summed E-state index contributed by atoms with van der Waals surface area (Å²) in [5.41, 5.74) is 3.23. The van der Waals surface area contributed by atoms with Crippen molar-refractivity contribution >= 4 is 29.3 Å². The van der Waals surface area contributed by atoms with E-state index in [1.165, 1.54) is 0 Å². The Morgan fingerprint density at radius 3 is 2.46 bits per heavy atom. The van der Waals surface area contributed by atoms with Crippen LogP contribution in [-0.4, -0.2) is 38.0 Å². The number of nitrogens with one attached hydrogen (secondary N) is 1. The molecule has 0 bridgehead atoms. The highest BCUT2D eigenvalue weighted by atomic mass is 35.5. The quantitative estimate of drug-likeness (QED) is 0.400. The number of carbonyl (C=O) groups excluding carboxylic acids is 3. The number of Topliss-reactive ketones (excluding diaryl/α,β-unsaturated/α-hetero) is 1. The minimum Gasteiger partial charge on any atom is -0.497 e. The fourth-order valence-electron chi connectivity index (χ4n) is 5.22. The highest BCUT2D eigenvalue weighted by molar-refractivity contribution is 6.31. The molecule has 1 N–H and O–H groups in total. The van der Waals surface area contributed by atoms with Gasteiger partial charge in [0.2, 0.25) is 0 Å². The molecule has 0 amide bonds. The number of ether oxygens (including phenoxy) is 3. The number of dihydropyridines is 1. The van der Waals surface area contributed by atoms with E-state index in [0.717, 1.165) is 5.56 Å². The molecule has 4 rings (SSSR count). The third kappa shape index (κ3) is 5.01. The van der Waals surface area contributed by atoms with E-state index < -0.39 is 35.5 Å². The SMILES string of the molecule is CCOC(=O)C1=C(C)NC2=C(C(=O)[C@@H](C(=O)OCC)[C@@H](c3cccc(OC)c3)C2)[C@@H]1c1ccccc1Cl. The number of methoxy groups -OCH3 is 1. The lowest BCUT2D eigenvalue weighted by Crippen LogP contribution is -2.43. The third-order valence-corrected chi connectivity index (χ3v) is 7.14. The van der Waals surface area contributed by atoms with Crippen molar-refractivity contribution in [2.75, 3.05) is 20.3 Å². The number of carbonyl (C=O) groups is 3. The molecule has 0 unspecified atom stereocenters. The normalized spacial score (nSPS) is 21.2. The molecule has 1 aliphatic heterocycles. The van der Waals surface area contributed by atoms with Gasteiger partial charge in [-0.15, -0.1) is 0 Å². The fraction of sp³-hybridized carbons (Fsp3) is 0.345. The molecule has 7 nitrogen and oxygen atoms in total. The van der Waals surface area contributed by atoms with Crippen LogP contribution in [0.1, 0.15) is 50.2 Å². The van der Waals surface area contributed by atoms with E-state index in [-0.39, 0.29) is 13.2 Å². The van der Waals surface area contributed by atoms with Crippen LogP contribution in [0.2, 0.25) is 5.02 Å². The molecule has 2 aromatic rings. The standard InChI is InChI=1S/C29H30ClNO6/c1-5-36-28(33)23-16(3)31-22-15-20(17-10-9-11-18(14-17)35-4)25(29(34)37-6-2)27(32)26(22)24(23)19-12-7-8-13-21(19)30/h7-14,20,24-25,31H,5-6,15H2,1-4H3/t20-,24-,25+/m1/s1. The summed E-state index contributed by atoms with van der Waals surface area (Å²) in [6.07, 6.45) is 0.353. The Morgan fingerprint density at radius 2 is 1.78 bits per heavy atom. The minimum atomic E-state index is -1.10. The van der Waals surface area contributed by atoms with E-state index in [1.54, 1.807) is 52.1 Å². The first-order valence-corrected chi connectivity index (χ1v) is 12.7. The van der Waals surface area contributed by atoms with Crippen molar-refractivity contribution in [3.05, 3.63) is 87.2 Å². The van der Waals surface area contributed by atoms with E-state index in [9.17, 15) is 14.4 Å². The molecule has 0 saturated heterocycles. The first kappa shape index (κ1) is 26.5. The zero-order chi connectivity index (χ0) is 26.7. The molecule has 0 aromatic heterocycles. The van der Waals surface area contributed by atoms with Crippen LogP contribution in [0.25, 0.3) is 0 Å². The number of benzene rings is 2. The van der Waals surface area contributed by atoms with Crippen molar-refractivity contribution in [1.82, 2.24) is 5.32 Å². The second-order valence-electron chi connectivity index (χ2n) is 8.91. The van der Waals surface area contributed by atoms with Crippen LogP contribution in [0, 0.1) is 5.92 Å². The second kappa shape index (κ2) is 11.2. The zero-order valence-corrected chi connectivity index (χ0v) is 22.1. The Bertz CT molecular complexity index is 1300. The minimum absolute atomic E-state index is 0.138. The molecule has 2 aliphatic rings. The third-order valence-electron chi connectivity index (χ3n) is 6.79. The van der Waals surface area contributed by atoms with Gasteiger partial charge in [-0.2, -0.15) is 0 Å². The van der Waals surface area contributed by atoms with E-state index in [4.69, 9.17) is 25.8 Å². The van der Waals surface area contributed by atoms with Crippen LogP contribution < -0.4 is 10.1 Å². The van der Waals surface area contributed by atoms with Crippen molar-refractivity contribution in [3.8, 4) is 5.75 Å². The molecule has 0 spiro atoms. The molecule has 37 heavy (non-hydrogen) atoms. The topological polar surface area (TPSA) is 90.9 Å². The predicted octanol–water partition coefficient (Wildman–Crippen LogP) is 5.06. The van der Waals surface area contributed by atoms with Gasteiger partial charge in [-0.25, -0.2) is 4.79 Å². The van der Waals surface area contributed by atoms with Crippen LogP contribution in [0.5, 0.6) is 5.75 Å². The van der Waals surface area contributed by atoms with Crippen LogP contribution in [-0.2, 0) is 23.9 Å². The van der Waals surface area contributed by atoms with E-state index in [0.29, 0.717) is 45.3 Å². The van der Waals surface area contributed by atoms with Crippen LogP contribution >= 0.6 is 11.6 Å². The Morgan fingerprint density at radius 1 is 1.05 bits per heavy atom. The number of rotatable bonds is 7. The summed E-state index contributed by atoms with van der Waals surface area (Å²) in [4.78, 5) is 40.7. The van der Waals surface area contributed by atoms with Crippen molar-refractivity contribution in [2.45, 2.75) is 39.0 Å². The van der Waals surface area contributed by atoms with E-state index in [2.05, 4.69) is 5.32 Å². The molecule has 0 fully saturated rings. The number of allylic oxidation sites excluding steroid dienone is 3. The van der Waals surface area contributed by atoms with Crippen LogP contribution in [0.3, 0.4) is 0 Å². The summed E-state index contributed by atoms with van der Waals surface area (Å²) in [7, 11) is 1.57. The highest BCUT2D eigenvalue weighted by Crippen LogP contribution is 2.49. The first-order valence-electron chi connectivity index (χ1n) is 12.3. The highest BCUT2D eigenvalue weighted by Gasteiger charge is 2.49. The molecular formula is C29H30ClNO6. The van der Waals surface area contributed by atoms with E-state index >= 15 is 0 Å². The van der Waals surface area contributed by atoms with E-state index in [1.807, 2.05) is 24.3 Å². The molecule has 2 aromatic carbocycles. The van der Waals surface area contributed by atoms with Gasteiger partial charge in [0.1, 0.15) is 11.7 Å². The average molecular weight is 524 g/mol. The number of hydrogen-bond donors (Lipinski definition) is 1. The van der Waals surface area contributed by atoms with Gasteiger partial charge in [-0.1, -0.05) is 41.9 Å². The fourth-order valence-corrected chi connectivity index (χ4v) is 5.47. The predicted molar refractivity (Wildman–Crippen MR) is 139 cm³/mol. The second-order valence-corrected chi connectivity index (χ2v) is 9.32. The molecular weight excluding hydrogens is 494 g/mol. The van der Waals surface area contributed by atoms with Crippen molar-refractivity contribution in [2.24, 2.45) is 5.92 Å². The van der Waals surface area contributed by atoms with Gasteiger partial charge in [-0.05, 0) is 56.5 Å². The first-order chi connectivity index (χ1) is 17.8. The maximum atomic E-state index is 14.3. The number of esters is 2. The molecule has 194 valence electrons. The lowest BCUT2D eigenvalue weighted by atomic mass is 9.67. The van der Waals surface area contributed by atoms with Gasteiger partial charge in [0.25, 0.3) is 0 Å². The smallest absolute Gasteiger partial charge is 0.336 e. The molecule has 3 atom stereocenters. The average Bonchev–Trinajstić information content (AvgIpc) is 2.88. The summed E-state index contributed by atoms with van der Waals surface area (Å²) >= 11 is 6.60. The summed E-state index contributed by atoms with van der Waals surface area (Å²) in [6.45, 7) is 5.52. The summed E-state index contributed by atoms with van der Waals surface area (Å²) in [6, 6.07) is 14.4. The maximum absolute atomic E-state index is 14.3. The van der Waals surface area contributed by atoms with Crippen LogP contribution in [0.4, 0.5) is 0 Å². The van der Waals surface area contributed by atoms with Gasteiger partial charge in [-0.3, -0.25) is 9.59 Å². The Labute approximate surface area is 221 Å². The van der Waals surface area contributed by atoms with Gasteiger partial charge in [0, 0.05) is 33.8 Å². The lowest BCUT2D eigenvalue weighted by molar-refractivity contribution is -0.152. The molecule has 1 heterocycles. The number of halogens is 1. The summed E-state index contributed by atoms with van der Waals surface area (Å²) < 4.78 is 16.1. The van der Waals surface area contributed by atoms with Crippen molar-refractivity contribution in [3.63, 3.8) is 0 Å². The van der Waals surface area contributed by atoms with Gasteiger partial charge < -0.3 is 19.5 Å². The summed E-state index contributed by atoms with van der Waals surface area (Å²) in [5, 5.41) is 3.70. The lowest BCUT2D eigenvalue weighted by Gasteiger charge is -2.39. The molecule has 8 heteroatoms. The maximum Gasteiger partial charge on any atom is 0.336 e. The summed E-state index contributed by atoms with van der Waals surface area (Å²) in [5.74, 6) is -3.30. The number of ketones is 1. The van der Waals surface area contributed by atoms with Gasteiger partial charge in [0.15, 0.2) is 5.78 Å². The Balaban J connectivity index is 1.91. The van der Waals surface area contributed by atoms with Crippen molar-refractivity contribution < 1.29 is 28.6 Å². The van der Waals surface area contributed by atoms with Crippen LogP contribution in [0.15, 0.2) is 71.1 Å².